The number of hydrogen-bond donors (Lipinski definition) is 0. The summed E-state index contributed by atoms with van der Waals surface area (Å²) in [5.74, 6) is 0.248. The van der Waals surface area contributed by atoms with Gasteiger partial charge in [-0.25, -0.2) is 0 Å². The molecule has 0 bridgehead atoms. The monoisotopic (exact) mass is 328 g/mol. The minimum absolute atomic E-state index is 0.248. The van der Waals surface area contributed by atoms with Crippen LogP contribution in [0, 0.1) is 0 Å². The van der Waals surface area contributed by atoms with E-state index in [1.807, 2.05) is 18.2 Å². The largest absolute Gasteiger partial charge is 0.293 e. The molecule has 1 heteroatoms. The molecular weight excluding hydrogens is 292 g/mol. The second-order valence-corrected chi connectivity index (χ2v) is 6.84. The Kier molecular flexibility index (Phi) is 13.1. The molecule has 1 nitrogen and oxygen atoms in total. The lowest BCUT2D eigenvalue weighted by molar-refractivity contribution is -0.115. The molecular formula is C23H36O. The van der Waals surface area contributed by atoms with E-state index >= 15 is 0 Å². The van der Waals surface area contributed by atoms with Crippen molar-refractivity contribution in [3.63, 3.8) is 0 Å². The summed E-state index contributed by atoms with van der Waals surface area (Å²) in [4.78, 5) is 11.8. The highest BCUT2D eigenvalue weighted by Gasteiger charge is 2.06. The standard InChI is InChI=1S/C23H36O/c1-2-3-4-5-6-7-8-9-10-11-12-13-14-15-16-21-23(24)22-19-17-18-20-22/h9-10,17-19H,2-8,11-16,21H2,1H3/b10-9-. The van der Waals surface area contributed by atoms with Gasteiger partial charge in [0.25, 0.3) is 0 Å². The van der Waals surface area contributed by atoms with E-state index in [-0.39, 0.29) is 5.78 Å². The molecule has 0 aromatic heterocycles. The third kappa shape index (κ3) is 11.2. The molecule has 0 fully saturated rings. The maximum absolute atomic E-state index is 11.8. The molecule has 0 unspecified atom stereocenters. The Balaban J connectivity index is 1.80. The quantitative estimate of drug-likeness (QED) is 0.166. The van der Waals surface area contributed by atoms with Gasteiger partial charge in [-0.15, -0.1) is 5.73 Å². The Morgan fingerprint density at radius 3 is 2.04 bits per heavy atom. The Hall–Kier alpha value is -1.33. The SMILES string of the molecule is CCCCCCCC/C=C\CCCCCCCC(=O)C1=C=CC=C1. The molecule has 0 amide bonds. The maximum Gasteiger partial charge on any atom is 0.170 e. The van der Waals surface area contributed by atoms with Crippen LogP contribution in [0.5, 0.6) is 0 Å². The Bertz CT molecular complexity index is 447. The summed E-state index contributed by atoms with van der Waals surface area (Å²) in [6.07, 6.45) is 27.8. The van der Waals surface area contributed by atoms with Crippen LogP contribution in [0.4, 0.5) is 0 Å². The first-order valence-electron chi connectivity index (χ1n) is 10.2. The summed E-state index contributed by atoms with van der Waals surface area (Å²) in [5, 5.41) is 0. The van der Waals surface area contributed by atoms with Crippen LogP contribution in [0.2, 0.25) is 0 Å². The summed E-state index contributed by atoms with van der Waals surface area (Å²) >= 11 is 0. The maximum atomic E-state index is 11.8. The van der Waals surface area contributed by atoms with Crippen LogP contribution in [0.25, 0.3) is 0 Å². The number of Topliss-reactive ketones (excluding diaryl/α,β-unsaturated/α-hetero) is 1. The summed E-state index contributed by atoms with van der Waals surface area (Å²) < 4.78 is 0. The molecule has 1 rings (SSSR count). The van der Waals surface area contributed by atoms with Crippen LogP contribution in [-0.2, 0) is 4.79 Å². The van der Waals surface area contributed by atoms with Crippen LogP contribution < -0.4 is 0 Å². The van der Waals surface area contributed by atoms with Gasteiger partial charge in [-0.3, -0.25) is 4.79 Å². The zero-order valence-corrected chi connectivity index (χ0v) is 15.7. The molecule has 0 radical (unpaired) electrons. The van der Waals surface area contributed by atoms with Crippen molar-refractivity contribution in [2.45, 2.75) is 96.8 Å². The van der Waals surface area contributed by atoms with Crippen LogP contribution >= 0.6 is 0 Å². The second kappa shape index (κ2) is 15.2. The van der Waals surface area contributed by atoms with Crippen LogP contribution in [-0.4, -0.2) is 5.78 Å². The highest BCUT2D eigenvalue weighted by Crippen LogP contribution is 2.12. The van der Waals surface area contributed by atoms with E-state index < -0.39 is 0 Å². The van der Waals surface area contributed by atoms with Gasteiger partial charge in [-0.1, -0.05) is 76.5 Å². The minimum atomic E-state index is 0.248. The molecule has 0 heterocycles. The number of ketones is 1. The molecule has 0 aromatic carbocycles. The van der Waals surface area contributed by atoms with Gasteiger partial charge in [0.15, 0.2) is 5.78 Å². The third-order valence-electron chi connectivity index (χ3n) is 4.56. The zero-order valence-electron chi connectivity index (χ0n) is 15.7. The van der Waals surface area contributed by atoms with Crippen molar-refractivity contribution < 1.29 is 4.79 Å². The van der Waals surface area contributed by atoms with Gasteiger partial charge in [0.1, 0.15) is 0 Å². The lowest BCUT2D eigenvalue weighted by atomic mass is 10.0. The van der Waals surface area contributed by atoms with E-state index in [9.17, 15) is 4.79 Å². The van der Waals surface area contributed by atoms with Crippen molar-refractivity contribution >= 4 is 5.78 Å². The van der Waals surface area contributed by atoms with Gasteiger partial charge in [-0.2, -0.15) is 0 Å². The second-order valence-electron chi connectivity index (χ2n) is 6.84. The van der Waals surface area contributed by atoms with E-state index in [1.54, 1.807) is 0 Å². The van der Waals surface area contributed by atoms with Crippen molar-refractivity contribution in [2.75, 3.05) is 0 Å². The van der Waals surface area contributed by atoms with Crippen LogP contribution in [0.15, 0.2) is 41.7 Å². The van der Waals surface area contributed by atoms with E-state index in [1.165, 1.54) is 77.0 Å². The Labute approximate surface area is 149 Å². The first kappa shape index (κ1) is 20.7. The van der Waals surface area contributed by atoms with Gasteiger partial charge < -0.3 is 0 Å². The Morgan fingerprint density at radius 1 is 0.875 bits per heavy atom. The number of allylic oxidation sites excluding steroid dienone is 5. The lowest BCUT2D eigenvalue weighted by Gasteiger charge is -2.00. The first-order valence-corrected chi connectivity index (χ1v) is 10.2. The molecule has 0 spiro atoms. The highest BCUT2D eigenvalue weighted by atomic mass is 16.1. The fourth-order valence-corrected chi connectivity index (χ4v) is 2.99. The van der Waals surface area contributed by atoms with Gasteiger partial charge >= 0.3 is 0 Å². The van der Waals surface area contributed by atoms with Crippen molar-refractivity contribution in [2.24, 2.45) is 0 Å². The fraction of sp³-hybridized carbons (Fsp3) is 0.652. The fourth-order valence-electron chi connectivity index (χ4n) is 2.99. The first-order chi connectivity index (χ1) is 11.8. The minimum Gasteiger partial charge on any atom is -0.293 e. The normalized spacial score (nSPS) is 13.1. The average Bonchev–Trinajstić information content (AvgIpc) is 3.13. The molecule has 0 N–H and O–H groups in total. The summed E-state index contributed by atoms with van der Waals surface area (Å²) in [6.45, 7) is 2.27. The average molecular weight is 329 g/mol. The number of carbonyl (C=O) groups excluding carboxylic acids is 1. The topological polar surface area (TPSA) is 17.1 Å². The van der Waals surface area contributed by atoms with Gasteiger partial charge in [-0.05, 0) is 44.3 Å². The number of rotatable bonds is 16. The molecule has 0 aromatic rings. The molecule has 0 saturated heterocycles. The molecule has 0 atom stereocenters. The van der Waals surface area contributed by atoms with Crippen molar-refractivity contribution in [1.82, 2.24) is 0 Å². The molecule has 134 valence electrons. The Morgan fingerprint density at radius 2 is 1.46 bits per heavy atom. The van der Waals surface area contributed by atoms with Gasteiger partial charge in [0.2, 0.25) is 0 Å². The molecule has 0 saturated carbocycles. The molecule has 1 aliphatic carbocycles. The van der Waals surface area contributed by atoms with Crippen LogP contribution in [0.3, 0.4) is 0 Å². The summed E-state index contributed by atoms with van der Waals surface area (Å²) in [5.41, 5.74) is 3.74. The number of unbranched alkanes of at least 4 members (excludes halogenated alkanes) is 11. The van der Waals surface area contributed by atoms with Gasteiger partial charge in [0.05, 0.1) is 5.57 Å². The zero-order chi connectivity index (χ0) is 17.3. The van der Waals surface area contributed by atoms with Crippen LogP contribution in [0.1, 0.15) is 96.8 Å². The van der Waals surface area contributed by atoms with Gasteiger partial charge in [0, 0.05) is 6.42 Å². The van der Waals surface area contributed by atoms with E-state index in [0.29, 0.717) is 6.42 Å². The summed E-state index contributed by atoms with van der Waals surface area (Å²) in [7, 11) is 0. The molecule has 1 aliphatic rings. The highest BCUT2D eigenvalue weighted by molar-refractivity contribution is 5.98. The van der Waals surface area contributed by atoms with Crippen molar-refractivity contribution in [3.05, 3.63) is 41.7 Å². The lowest BCUT2D eigenvalue weighted by Crippen LogP contribution is -1.98. The smallest absolute Gasteiger partial charge is 0.170 e. The van der Waals surface area contributed by atoms with E-state index in [2.05, 4.69) is 24.8 Å². The number of hydrogen-bond acceptors (Lipinski definition) is 1. The third-order valence-corrected chi connectivity index (χ3v) is 4.56. The number of carbonyl (C=O) groups is 1. The molecule has 0 aliphatic heterocycles. The molecule has 24 heavy (non-hydrogen) atoms. The predicted octanol–water partition coefficient (Wildman–Crippen LogP) is 7.24. The van der Waals surface area contributed by atoms with Crippen molar-refractivity contribution in [1.29, 1.82) is 0 Å². The predicted molar refractivity (Wildman–Crippen MR) is 105 cm³/mol. The van der Waals surface area contributed by atoms with Crippen molar-refractivity contribution in [3.8, 4) is 0 Å². The van der Waals surface area contributed by atoms with E-state index in [4.69, 9.17) is 0 Å². The van der Waals surface area contributed by atoms with E-state index in [0.717, 1.165) is 12.0 Å². The summed E-state index contributed by atoms with van der Waals surface area (Å²) in [6, 6.07) is 0.